The van der Waals surface area contributed by atoms with Gasteiger partial charge in [-0.25, -0.2) is 0 Å². The molecule has 0 aromatic heterocycles. The van der Waals surface area contributed by atoms with Crippen LogP contribution in [0.5, 0.6) is 0 Å². The molecule has 0 fully saturated rings. The smallest absolute Gasteiger partial charge is 0.0540 e. The zero-order valence-corrected chi connectivity index (χ0v) is 32.0. The first-order valence-corrected chi connectivity index (χ1v) is 19.0. The highest BCUT2D eigenvalue weighted by Gasteiger charge is 2.39. The third-order valence-corrected chi connectivity index (χ3v) is 12.0. The van der Waals surface area contributed by atoms with Crippen LogP contribution in [-0.4, -0.2) is 0 Å². The molecular formula is C52H47N. The highest BCUT2D eigenvalue weighted by Crippen LogP contribution is 2.55. The van der Waals surface area contributed by atoms with Crippen LogP contribution in [0.3, 0.4) is 0 Å². The van der Waals surface area contributed by atoms with Crippen molar-refractivity contribution in [2.45, 2.75) is 64.7 Å². The molecule has 0 amide bonds. The van der Waals surface area contributed by atoms with Gasteiger partial charge >= 0.3 is 0 Å². The molecule has 0 unspecified atom stereocenters. The minimum absolute atomic E-state index is 0.102. The molecule has 0 radical (unpaired) electrons. The Morgan fingerprint density at radius 3 is 1.58 bits per heavy atom. The van der Waals surface area contributed by atoms with Gasteiger partial charge in [-0.2, -0.15) is 0 Å². The molecule has 0 heterocycles. The maximum absolute atomic E-state index is 2.49. The lowest BCUT2D eigenvalue weighted by atomic mass is 9.78. The first kappa shape index (κ1) is 33.2. The second kappa shape index (κ2) is 11.9. The number of rotatable bonds is 5. The van der Waals surface area contributed by atoms with Gasteiger partial charge in [-0.3, -0.25) is 0 Å². The monoisotopic (exact) mass is 685 g/mol. The van der Waals surface area contributed by atoms with E-state index in [1.54, 1.807) is 0 Å². The molecule has 0 atom stereocenters. The van der Waals surface area contributed by atoms with Crippen LogP contribution < -0.4 is 4.90 Å². The van der Waals surface area contributed by atoms with Gasteiger partial charge in [0.2, 0.25) is 0 Å². The van der Waals surface area contributed by atoms with Crippen molar-refractivity contribution < 1.29 is 0 Å². The number of hydrogen-bond acceptors (Lipinski definition) is 1. The van der Waals surface area contributed by atoms with Gasteiger partial charge in [-0.15, -0.1) is 0 Å². The van der Waals surface area contributed by atoms with Gasteiger partial charge in [0.15, 0.2) is 0 Å². The summed E-state index contributed by atoms with van der Waals surface area (Å²) in [5.41, 5.74) is 20.5. The topological polar surface area (TPSA) is 3.24 Å². The van der Waals surface area contributed by atoms with Crippen LogP contribution in [0, 0.1) is 0 Å². The van der Waals surface area contributed by atoms with Gasteiger partial charge in [-0.1, -0.05) is 176 Å². The normalized spacial score (nSPS) is 14.6. The molecule has 0 N–H and O–H groups in total. The molecule has 260 valence electrons. The molecule has 0 aliphatic heterocycles. The molecule has 0 spiro atoms. The number of para-hydroxylation sites is 1. The molecule has 0 bridgehead atoms. The highest BCUT2D eigenvalue weighted by atomic mass is 15.1. The van der Waals surface area contributed by atoms with Gasteiger partial charge < -0.3 is 4.90 Å². The summed E-state index contributed by atoms with van der Waals surface area (Å²) in [4.78, 5) is 2.49. The fraction of sp³-hybridized carbons (Fsp3) is 0.192. The summed E-state index contributed by atoms with van der Waals surface area (Å²) in [5.74, 6) is 0. The van der Waals surface area contributed by atoms with Crippen LogP contribution >= 0.6 is 0 Å². The van der Waals surface area contributed by atoms with E-state index in [2.05, 4.69) is 211 Å². The van der Waals surface area contributed by atoms with Gasteiger partial charge in [0.1, 0.15) is 0 Å². The van der Waals surface area contributed by atoms with E-state index >= 15 is 0 Å². The molecule has 0 saturated carbocycles. The third-order valence-electron chi connectivity index (χ3n) is 12.0. The van der Waals surface area contributed by atoms with E-state index in [0.29, 0.717) is 0 Å². The van der Waals surface area contributed by atoms with Crippen molar-refractivity contribution >= 4 is 17.1 Å². The van der Waals surface area contributed by atoms with E-state index in [9.17, 15) is 0 Å². The van der Waals surface area contributed by atoms with E-state index in [1.165, 1.54) is 83.7 Å². The number of anilines is 3. The van der Waals surface area contributed by atoms with Gasteiger partial charge in [0, 0.05) is 27.8 Å². The molecule has 0 saturated heterocycles. The van der Waals surface area contributed by atoms with Crippen LogP contribution in [-0.2, 0) is 16.2 Å². The Morgan fingerprint density at radius 2 is 0.906 bits per heavy atom. The van der Waals surface area contributed by atoms with Crippen molar-refractivity contribution in [3.63, 3.8) is 0 Å². The van der Waals surface area contributed by atoms with Crippen molar-refractivity contribution in [1.29, 1.82) is 0 Å². The Kier molecular flexibility index (Phi) is 7.48. The minimum Gasteiger partial charge on any atom is -0.310 e. The molecule has 7 aromatic rings. The van der Waals surface area contributed by atoms with E-state index in [4.69, 9.17) is 0 Å². The summed E-state index contributed by atoms with van der Waals surface area (Å²) in [5, 5.41) is 0. The molecule has 9 rings (SSSR count). The fourth-order valence-corrected chi connectivity index (χ4v) is 9.19. The van der Waals surface area contributed by atoms with Gasteiger partial charge in [-0.05, 0) is 103 Å². The van der Waals surface area contributed by atoms with Crippen LogP contribution in [0.25, 0.3) is 44.5 Å². The summed E-state index contributed by atoms with van der Waals surface area (Å²) in [7, 11) is 0. The number of nitrogens with zero attached hydrogens (tertiary/aromatic N) is 1. The van der Waals surface area contributed by atoms with E-state index in [0.717, 1.165) is 5.69 Å². The van der Waals surface area contributed by atoms with Crippen molar-refractivity contribution in [2.75, 3.05) is 4.90 Å². The summed E-state index contributed by atoms with van der Waals surface area (Å²) in [6.07, 6.45) is 0. The standard InChI is InChI=1S/C52H47N/c1-50(2,3)36-26-24-35(25-27-36)40-20-15-21-44-43-31-29-38(33-47(43)52(6,7)49(40)44)53(48-23-14-12-18-39(48)34-16-9-8-10-17-34)37-28-30-42-41-19-11-13-22-45(41)51(4,5)46(42)32-37/h8-33H,1-7H3. The maximum atomic E-state index is 2.49. The lowest BCUT2D eigenvalue weighted by Gasteiger charge is -2.31. The van der Waals surface area contributed by atoms with Gasteiger partial charge in [0.05, 0.1) is 5.69 Å². The third kappa shape index (κ3) is 5.20. The molecule has 1 heteroatoms. The van der Waals surface area contributed by atoms with E-state index in [1.807, 2.05) is 0 Å². The Bertz CT molecular complexity index is 2530. The Balaban J connectivity index is 1.22. The van der Waals surface area contributed by atoms with E-state index in [-0.39, 0.29) is 16.2 Å². The summed E-state index contributed by atoms with van der Waals surface area (Å²) in [6, 6.07) is 59.0. The number of hydrogen-bond donors (Lipinski definition) is 0. The predicted molar refractivity (Wildman–Crippen MR) is 226 cm³/mol. The SMILES string of the molecule is CC(C)(C)c1ccc(-c2cccc3c2C(C)(C)c2cc(N(c4ccc5c(c4)C(C)(C)c4ccccc4-5)c4ccccc4-c4ccccc4)ccc2-3)cc1. The first-order valence-electron chi connectivity index (χ1n) is 19.0. The Labute approximate surface area is 315 Å². The van der Waals surface area contributed by atoms with E-state index < -0.39 is 0 Å². The predicted octanol–water partition coefficient (Wildman–Crippen LogP) is 14.4. The van der Waals surface area contributed by atoms with Crippen LogP contribution in [0.15, 0.2) is 158 Å². The lowest BCUT2D eigenvalue weighted by molar-refractivity contribution is 0.590. The van der Waals surface area contributed by atoms with Crippen molar-refractivity contribution in [3.05, 3.63) is 186 Å². The van der Waals surface area contributed by atoms with Crippen LogP contribution in [0.2, 0.25) is 0 Å². The van der Waals surface area contributed by atoms with Crippen molar-refractivity contribution in [2.24, 2.45) is 0 Å². The highest BCUT2D eigenvalue weighted by molar-refractivity contribution is 5.94. The second-order valence-electron chi connectivity index (χ2n) is 17.0. The number of fused-ring (bicyclic) bond motifs is 6. The molecule has 2 aliphatic carbocycles. The first-order chi connectivity index (χ1) is 25.4. The largest absolute Gasteiger partial charge is 0.310 e. The quantitative estimate of drug-likeness (QED) is 0.174. The summed E-state index contributed by atoms with van der Waals surface area (Å²) < 4.78 is 0. The van der Waals surface area contributed by atoms with Crippen molar-refractivity contribution in [1.82, 2.24) is 0 Å². The number of benzene rings is 7. The summed E-state index contributed by atoms with van der Waals surface area (Å²) in [6.45, 7) is 16.4. The molecule has 53 heavy (non-hydrogen) atoms. The average Bonchev–Trinajstić information content (AvgIpc) is 3.54. The van der Waals surface area contributed by atoms with Crippen LogP contribution in [0.1, 0.15) is 76.3 Å². The lowest BCUT2D eigenvalue weighted by Crippen LogP contribution is -2.18. The fourth-order valence-electron chi connectivity index (χ4n) is 9.19. The zero-order valence-electron chi connectivity index (χ0n) is 32.0. The molecular weight excluding hydrogens is 639 g/mol. The second-order valence-corrected chi connectivity index (χ2v) is 17.0. The summed E-state index contributed by atoms with van der Waals surface area (Å²) >= 11 is 0. The minimum atomic E-state index is -0.202. The van der Waals surface area contributed by atoms with Crippen molar-refractivity contribution in [3.8, 4) is 44.5 Å². The molecule has 2 aliphatic rings. The molecule has 7 aromatic carbocycles. The van der Waals surface area contributed by atoms with Crippen LogP contribution in [0.4, 0.5) is 17.1 Å². The Hall–Kier alpha value is -5.66. The van der Waals surface area contributed by atoms with Gasteiger partial charge in [0.25, 0.3) is 0 Å². The average molecular weight is 686 g/mol. The Morgan fingerprint density at radius 1 is 0.396 bits per heavy atom. The zero-order chi connectivity index (χ0) is 36.7. The maximum Gasteiger partial charge on any atom is 0.0540 e. The molecule has 1 nitrogen and oxygen atoms in total.